The number of aromatic nitrogens is 1. The number of ether oxygens (including phenoxy) is 1. The molecule has 2 aromatic rings. The van der Waals surface area contributed by atoms with E-state index in [1.807, 2.05) is 13.0 Å². The number of hydrogen-bond donors (Lipinski definition) is 2. The van der Waals surface area contributed by atoms with Crippen LogP contribution >= 0.6 is 0 Å². The van der Waals surface area contributed by atoms with Gasteiger partial charge in [-0.3, -0.25) is 4.79 Å². The van der Waals surface area contributed by atoms with Crippen molar-refractivity contribution in [3.63, 3.8) is 0 Å². The van der Waals surface area contributed by atoms with Gasteiger partial charge in [-0.05, 0) is 25.1 Å². The Bertz CT molecular complexity index is 612. The fourth-order valence-corrected chi connectivity index (χ4v) is 1.77. The molecular weight excluding hydrogens is 222 g/mol. The second-order valence-electron chi connectivity index (χ2n) is 3.73. The minimum absolute atomic E-state index is 0.0503. The highest BCUT2D eigenvalue weighted by molar-refractivity contribution is 6.40. The van der Waals surface area contributed by atoms with E-state index in [2.05, 4.69) is 4.98 Å². The zero-order valence-electron chi connectivity index (χ0n) is 9.40. The Hall–Kier alpha value is -2.30. The number of hydrogen-bond acceptors (Lipinski definition) is 3. The Labute approximate surface area is 97.0 Å². The maximum atomic E-state index is 11.5. The largest absolute Gasteiger partial charge is 0.496 e. The number of methoxy groups -OCH3 is 1. The third kappa shape index (κ3) is 1.87. The molecule has 0 aliphatic carbocycles. The molecule has 5 heteroatoms. The molecule has 0 fully saturated rings. The summed E-state index contributed by atoms with van der Waals surface area (Å²) in [5, 5.41) is 9.59. The zero-order valence-corrected chi connectivity index (χ0v) is 9.40. The summed E-state index contributed by atoms with van der Waals surface area (Å²) in [6.07, 6.45) is 0. The number of benzene rings is 1. The number of carbonyl (C=O) groups excluding carboxylic acids is 1. The quantitative estimate of drug-likeness (QED) is 0.625. The first-order valence-electron chi connectivity index (χ1n) is 4.98. The number of Topliss-reactive ketones (excluding diaryl/α,β-unsaturated/α-hetero) is 1. The molecule has 88 valence electrons. The van der Waals surface area contributed by atoms with Gasteiger partial charge in [0.15, 0.2) is 0 Å². The number of aliphatic carboxylic acids is 1. The zero-order chi connectivity index (χ0) is 12.6. The monoisotopic (exact) mass is 233 g/mol. The number of rotatable bonds is 3. The molecule has 0 atom stereocenters. The smallest absolute Gasteiger partial charge is 0.377 e. The molecule has 5 nitrogen and oxygen atoms in total. The number of aromatic amines is 1. The Morgan fingerprint density at radius 2 is 2.00 bits per heavy atom. The van der Waals surface area contributed by atoms with E-state index in [9.17, 15) is 9.59 Å². The number of ketones is 1. The third-order valence-corrected chi connectivity index (χ3v) is 2.51. The number of aryl methyl sites for hydroxylation is 1. The molecule has 1 heterocycles. The fraction of sp³-hybridized carbons (Fsp3) is 0.167. The van der Waals surface area contributed by atoms with Gasteiger partial charge in [0.25, 0.3) is 5.78 Å². The van der Waals surface area contributed by atoms with Crippen LogP contribution in [0.1, 0.15) is 16.1 Å². The SMILES string of the molecule is COc1cc2cc(C)[nH]c2cc1C(=O)C(=O)O. The van der Waals surface area contributed by atoms with Crippen molar-refractivity contribution in [3.05, 3.63) is 29.5 Å². The van der Waals surface area contributed by atoms with Crippen LogP contribution in [0.25, 0.3) is 10.9 Å². The van der Waals surface area contributed by atoms with Gasteiger partial charge in [0.05, 0.1) is 12.7 Å². The topological polar surface area (TPSA) is 79.4 Å². The Morgan fingerprint density at radius 1 is 1.29 bits per heavy atom. The molecule has 0 spiro atoms. The minimum Gasteiger partial charge on any atom is -0.496 e. The number of H-pyrrole nitrogens is 1. The standard InChI is InChI=1S/C12H11NO4/c1-6-3-7-4-10(17-2)8(5-9(7)13-6)11(14)12(15)16/h3-5,13H,1-2H3,(H,15,16). The first-order valence-corrected chi connectivity index (χ1v) is 4.98. The predicted octanol–water partition coefficient (Wildman–Crippen LogP) is 1.75. The summed E-state index contributed by atoms with van der Waals surface area (Å²) in [6, 6.07) is 5.04. The van der Waals surface area contributed by atoms with Crippen molar-refractivity contribution in [2.75, 3.05) is 7.11 Å². The van der Waals surface area contributed by atoms with Crippen LogP contribution in [-0.4, -0.2) is 29.0 Å². The molecule has 0 bridgehead atoms. The molecule has 1 aromatic heterocycles. The summed E-state index contributed by atoms with van der Waals surface area (Å²) in [5.41, 5.74) is 1.70. The Kier molecular flexibility index (Phi) is 2.59. The van der Waals surface area contributed by atoms with E-state index in [0.29, 0.717) is 5.52 Å². The Morgan fingerprint density at radius 3 is 2.59 bits per heavy atom. The lowest BCUT2D eigenvalue weighted by Crippen LogP contribution is -2.13. The van der Waals surface area contributed by atoms with Gasteiger partial charge in [0.1, 0.15) is 5.75 Å². The molecule has 0 saturated heterocycles. The van der Waals surface area contributed by atoms with Gasteiger partial charge in [0.2, 0.25) is 0 Å². The molecule has 0 aliphatic heterocycles. The molecular formula is C12H11NO4. The molecule has 0 amide bonds. The summed E-state index contributed by atoms with van der Waals surface area (Å²) >= 11 is 0. The van der Waals surface area contributed by atoms with Crippen LogP contribution < -0.4 is 4.74 Å². The van der Waals surface area contributed by atoms with Crippen molar-refractivity contribution in [3.8, 4) is 5.75 Å². The van der Waals surface area contributed by atoms with E-state index in [1.165, 1.54) is 13.2 Å². The molecule has 2 rings (SSSR count). The fourth-order valence-electron chi connectivity index (χ4n) is 1.77. The third-order valence-electron chi connectivity index (χ3n) is 2.51. The van der Waals surface area contributed by atoms with Crippen molar-refractivity contribution in [2.24, 2.45) is 0 Å². The van der Waals surface area contributed by atoms with Crippen LogP contribution in [0.4, 0.5) is 0 Å². The van der Waals surface area contributed by atoms with Gasteiger partial charge in [0, 0.05) is 16.6 Å². The lowest BCUT2D eigenvalue weighted by atomic mass is 10.1. The van der Waals surface area contributed by atoms with Gasteiger partial charge >= 0.3 is 5.97 Å². The van der Waals surface area contributed by atoms with Crippen molar-refractivity contribution < 1.29 is 19.4 Å². The van der Waals surface area contributed by atoms with Crippen molar-refractivity contribution >= 4 is 22.7 Å². The number of carboxylic acid groups (broad SMARTS) is 1. The highest BCUT2D eigenvalue weighted by Gasteiger charge is 2.20. The highest BCUT2D eigenvalue weighted by Crippen LogP contribution is 2.26. The van der Waals surface area contributed by atoms with E-state index >= 15 is 0 Å². The molecule has 17 heavy (non-hydrogen) atoms. The summed E-state index contributed by atoms with van der Waals surface area (Å²) in [5.74, 6) is -2.20. The summed E-state index contributed by atoms with van der Waals surface area (Å²) in [6.45, 7) is 1.88. The van der Waals surface area contributed by atoms with Gasteiger partial charge in [-0.1, -0.05) is 0 Å². The van der Waals surface area contributed by atoms with Crippen molar-refractivity contribution in [1.82, 2.24) is 4.98 Å². The summed E-state index contributed by atoms with van der Waals surface area (Å²) in [4.78, 5) is 25.2. The van der Waals surface area contributed by atoms with E-state index in [1.54, 1.807) is 6.07 Å². The van der Waals surface area contributed by atoms with E-state index in [4.69, 9.17) is 9.84 Å². The first-order chi connectivity index (χ1) is 8.02. The normalized spacial score (nSPS) is 10.5. The summed E-state index contributed by atoms with van der Waals surface area (Å²) in [7, 11) is 1.40. The minimum atomic E-state index is -1.49. The van der Waals surface area contributed by atoms with Crippen molar-refractivity contribution in [1.29, 1.82) is 0 Å². The maximum Gasteiger partial charge on any atom is 0.377 e. The average Bonchev–Trinajstić information content (AvgIpc) is 2.65. The predicted molar refractivity (Wildman–Crippen MR) is 61.6 cm³/mol. The highest BCUT2D eigenvalue weighted by atomic mass is 16.5. The van der Waals surface area contributed by atoms with Crippen LogP contribution in [0.5, 0.6) is 5.75 Å². The molecule has 0 aliphatic rings. The molecule has 0 unspecified atom stereocenters. The first kappa shape index (κ1) is 11.2. The van der Waals surface area contributed by atoms with E-state index in [0.717, 1.165) is 11.1 Å². The molecule has 2 N–H and O–H groups in total. The Balaban J connectivity index is 2.68. The second kappa shape index (κ2) is 3.93. The number of nitrogens with one attached hydrogen (secondary N) is 1. The second-order valence-corrected chi connectivity index (χ2v) is 3.73. The lowest BCUT2D eigenvalue weighted by Gasteiger charge is -2.05. The number of fused-ring (bicyclic) bond motifs is 1. The van der Waals surface area contributed by atoms with Gasteiger partial charge < -0.3 is 14.8 Å². The van der Waals surface area contributed by atoms with Crippen LogP contribution in [0.15, 0.2) is 18.2 Å². The van der Waals surface area contributed by atoms with Crippen LogP contribution in [-0.2, 0) is 4.79 Å². The van der Waals surface area contributed by atoms with Gasteiger partial charge in [-0.25, -0.2) is 4.79 Å². The molecule has 0 radical (unpaired) electrons. The van der Waals surface area contributed by atoms with Crippen molar-refractivity contribution in [2.45, 2.75) is 6.92 Å². The average molecular weight is 233 g/mol. The molecule has 1 aromatic carbocycles. The van der Waals surface area contributed by atoms with Crippen LogP contribution in [0, 0.1) is 6.92 Å². The lowest BCUT2D eigenvalue weighted by molar-refractivity contribution is -0.131. The van der Waals surface area contributed by atoms with Crippen LogP contribution in [0.3, 0.4) is 0 Å². The van der Waals surface area contributed by atoms with E-state index < -0.39 is 11.8 Å². The number of carbonyl (C=O) groups is 2. The van der Waals surface area contributed by atoms with E-state index in [-0.39, 0.29) is 11.3 Å². The molecule has 0 saturated carbocycles. The summed E-state index contributed by atoms with van der Waals surface area (Å²) < 4.78 is 5.04. The number of carboxylic acids is 1. The van der Waals surface area contributed by atoms with Gasteiger partial charge in [-0.2, -0.15) is 0 Å². The van der Waals surface area contributed by atoms with Crippen LogP contribution in [0.2, 0.25) is 0 Å². The maximum absolute atomic E-state index is 11.5. The van der Waals surface area contributed by atoms with Gasteiger partial charge in [-0.15, -0.1) is 0 Å².